The van der Waals surface area contributed by atoms with E-state index in [1.165, 1.54) is 0 Å². The summed E-state index contributed by atoms with van der Waals surface area (Å²) < 4.78 is 5.35. The zero-order valence-electron chi connectivity index (χ0n) is 16.4. The normalized spacial score (nSPS) is 15.0. The summed E-state index contributed by atoms with van der Waals surface area (Å²) in [4.78, 5) is 22.3. The molecule has 4 rings (SSSR count). The number of aromatic hydroxyl groups is 1. The van der Waals surface area contributed by atoms with E-state index in [1.807, 2.05) is 22.4 Å². The first kappa shape index (κ1) is 19.6. The first-order valence-corrected chi connectivity index (χ1v) is 10.7. The number of benzene rings is 1. The maximum Gasteiger partial charge on any atom is 0.257 e. The molecule has 1 aromatic carbocycles. The number of phenols is 1. The number of aryl methyl sites for hydroxylation is 2. The van der Waals surface area contributed by atoms with Gasteiger partial charge in [0.2, 0.25) is 11.7 Å². The van der Waals surface area contributed by atoms with E-state index in [9.17, 15) is 9.90 Å². The first-order valence-electron chi connectivity index (χ1n) is 9.78. The molecule has 7 nitrogen and oxygen atoms in total. The standard InChI is InChI=1S/C21H24N4O3S/c1-15-5-2-6-16(19(15)26)21(27)25-12-10-24(11-13-25)9-3-8-18-22-20(23-28-18)17-7-4-14-29-17/h2,4-7,14,26H,3,8-13H2,1H3. The fourth-order valence-electron chi connectivity index (χ4n) is 3.49. The number of hydrogen-bond acceptors (Lipinski definition) is 7. The van der Waals surface area contributed by atoms with Crippen LogP contribution in [0.1, 0.15) is 28.2 Å². The summed E-state index contributed by atoms with van der Waals surface area (Å²) in [6.45, 7) is 5.70. The molecule has 152 valence electrons. The fraction of sp³-hybridized carbons (Fsp3) is 0.381. The van der Waals surface area contributed by atoms with Gasteiger partial charge in [0, 0.05) is 32.6 Å². The molecule has 0 atom stereocenters. The van der Waals surface area contributed by atoms with Crippen molar-refractivity contribution in [2.75, 3.05) is 32.7 Å². The van der Waals surface area contributed by atoms with Crippen LogP contribution in [0.2, 0.25) is 0 Å². The molecule has 1 aliphatic rings. The summed E-state index contributed by atoms with van der Waals surface area (Å²) in [5.74, 6) is 1.30. The molecule has 0 saturated carbocycles. The van der Waals surface area contributed by atoms with Crippen LogP contribution in [0.5, 0.6) is 5.75 Å². The van der Waals surface area contributed by atoms with Gasteiger partial charge in [0.15, 0.2) is 0 Å². The number of thiophene rings is 1. The number of piperazine rings is 1. The molecule has 0 radical (unpaired) electrons. The number of para-hydroxylation sites is 1. The Labute approximate surface area is 173 Å². The lowest BCUT2D eigenvalue weighted by Crippen LogP contribution is -2.48. The molecule has 1 amide bonds. The molecule has 1 saturated heterocycles. The highest BCUT2D eigenvalue weighted by molar-refractivity contribution is 7.13. The van der Waals surface area contributed by atoms with Crippen molar-refractivity contribution >= 4 is 17.2 Å². The van der Waals surface area contributed by atoms with Crippen LogP contribution >= 0.6 is 11.3 Å². The van der Waals surface area contributed by atoms with Gasteiger partial charge in [-0.15, -0.1) is 11.3 Å². The number of aromatic nitrogens is 2. The van der Waals surface area contributed by atoms with Crippen molar-refractivity contribution in [3.05, 3.63) is 52.7 Å². The van der Waals surface area contributed by atoms with Crippen molar-refractivity contribution in [2.45, 2.75) is 19.8 Å². The third-order valence-corrected chi connectivity index (χ3v) is 6.07. The minimum atomic E-state index is -0.0992. The van der Waals surface area contributed by atoms with Crippen molar-refractivity contribution in [1.29, 1.82) is 0 Å². The minimum absolute atomic E-state index is 0.0846. The van der Waals surface area contributed by atoms with Crippen LogP contribution in [-0.4, -0.2) is 63.7 Å². The first-order chi connectivity index (χ1) is 14.1. The molecule has 1 N–H and O–H groups in total. The van der Waals surface area contributed by atoms with E-state index in [4.69, 9.17) is 4.52 Å². The Morgan fingerprint density at radius 3 is 2.79 bits per heavy atom. The number of rotatable bonds is 6. The van der Waals surface area contributed by atoms with Crippen molar-refractivity contribution in [1.82, 2.24) is 19.9 Å². The number of carbonyl (C=O) groups excluding carboxylic acids is 1. The molecule has 8 heteroatoms. The Kier molecular flexibility index (Phi) is 5.92. The molecular weight excluding hydrogens is 388 g/mol. The van der Waals surface area contributed by atoms with E-state index >= 15 is 0 Å². The molecule has 0 spiro atoms. The topological polar surface area (TPSA) is 82.7 Å². The summed E-state index contributed by atoms with van der Waals surface area (Å²) in [7, 11) is 0. The van der Waals surface area contributed by atoms with Gasteiger partial charge >= 0.3 is 0 Å². The Morgan fingerprint density at radius 2 is 2.03 bits per heavy atom. The van der Waals surface area contributed by atoms with E-state index in [1.54, 1.807) is 36.5 Å². The number of carbonyl (C=O) groups is 1. The maximum absolute atomic E-state index is 12.7. The van der Waals surface area contributed by atoms with Crippen molar-refractivity contribution in [3.8, 4) is 16.5 Å². The van der Waals surface area contributed by atoms with Crippen LogP contribution in [0.15, 0.2) is 40.2 Å². The molecule has 1 aliphatic heterocycles. The Bertz CT molecular complexity index is 962. The van der Waals surface area contributed by atoms with Gasteiger partial charge in [0.1, 0.15) is 5.75 Å². The van der Waals surface area contributed by atoms with Gasteiger partial charge in [-0.05, 0) is 43.0 Å². The van der Waals surface area contributed by atoms with Crippen LogP contribution in [0.4, 0.5) is 0 Å². The highest BCUT2D eigenvalue weighted by Crippen LogP contribution is 2.24. The maximum atomic E-state index is 12.7. The van der Waals surface area contributed by atoms with Gasteiger partial charge in [-0.25, -0.2) is 0 Å². The quantitative estimate of drug-likeness (QED) is 0.669. The Balaban J connectivity index is 1.23. The zero-order valence-corrected chi connectivity index (χ0v) is 17.2. The van der Waals surface area contributed by atoms with Crippen LogP contribution in [-0.2, 0) is 6.42 Å². The summed E-state index contributed by atoms with van der Waals surface area (Å²) in [6.07, 6.45) is 1.67. The number of hydrogen-bond donors (Lipinski definition) is 1. The van der Waals surface area contributed by atoms with E-state index in [0.29, 0.717) is 30.4 Å². The largest absolute Gasteiger partial charge is 0.507 e. The second kappa shape index (κ2) is 8.75. The zero-order chi connectivity index (χ0) is 20.2. The van der Waals surface area contributed by atoms with Gasteiger partial charge in [-0.2, -0.15) is 4.98 Å². The number of phenolic OH excluding ortho intramolecular Hbond substituents is 1. The average Bonchev–Trinajstić information content (AvgIpc) is 3.42. The van der Waals surface area contributed by atoms with E-state index in [-0.39, 0.29) is 11.7 Å². The molecule has 0 bridgehead atoms. The third-order valence-electron chi connectivity index (χ3n) is 5.20. The second-order valence-corrected chi connectivity index (χ2v) is 8.15. The fourth-order valence-corrected chi connectivity index (χ4v) is 4.14. The lowest BCUT2D eigenvalue weighted by atomic mass is 10.1. The van der Waals surface area contributed by atoms with E-state index in [0.717, 1.165) is 42.9 Å². The molecule has 1 fully saturated rings. The second-order valence-electron chi connectivity index (χ2n) is 7.20. The number of nitrogens with zero attached hydrogens (tertiary/aromatic N) is 4. The highest BCUT2D eigenvalue weighted by Gasteiger charge is 2.24. The van der Waals surface area contributed by atoms with Gasteiger partial charge in [-0.3, -0.25) is 9.69 Å². The smallest absolute Gasteiger partial charge is 0.257 e. The Hall–Kier alpha value is -2.71. The molecule has 2 aromatic heterocycles. The van der Waals surface area contributed by atoms with Gasteiger partial charge in [0.05, 0.1) is 10.4 Å². The molecular formula is C21H24N4O3S. The molecule has 3 heterocycles. The van der Waals surface area contributed by atoms with Gasteiger partial charge in [0.25, 0.3) is 5.91 Å². The summed E-state index contributed by atoms with van der Waals surface area (Å²) in [6, 6.07) is 9.25. The lowest BCUT2D eigenvalue weighted by molar-refractivity contribution is 0.0632. The summed E-state index contributed by atoms with van der Waals surface area (Å²) >= 11 is 1.60. The number of amides is 1. The Morgan fingerprint density at radius 1 is 1.21 bits per heavy atom. The van der Waals surface area contributed by atoms with E-state index in [2.05, 4.69) is 15.0 Å². The summed E-state index contributed by atoms with van der Waals surface area (Å²) in [5, 5.41) is 16.2. The predicted octanol–water partition coefficient (Wildman–Crippen LogP) is 3.20. The minimum Gasteiger partial charge on any atom is -0.507 e. The monoisotopic (exact) mass is 412 g/mol. The third kappa shape index (κ3) is 4.49. The van der Waals surface area contributed by atoms with Crippen molar-refractivity contribution in [2.24, 2.45) is 0 Å². The molecule has 0 aliphatic carbocycles. The van der Waals surface area contributed by atoms with Crippen LogP contribution in [0.3, 0.4) is 0 Å². The molecule has 0 unspecified atom stereocenters. The van der Waals surface area contributed by atoms with Crippen LogP contribution in [0.25, 0.3) is 10.7 Å². The lowest BCUT2D eigenvalue weighted by Gasteiger charge is -2.34. The SMILES string of the molecule is Cc1cccc(C(=O)N2CCN(CCCc3nc(-c4cccs4)no3)CC2)c1O. The van der Waals surface area contributed by atoms with Gasteiger partial charge < -0.3 is 14.5 Å². The highest BCUT2D eigenvalue weighted by atomic mass is 32.1. The predicted molar refractivity (Wildman–Crippen MR) is 111 cm³/mol. The van der Waals surface area contributed by atoms with Crippen molar-refractivity contribution < 1.29 is 14.4 Å². The molecule has 3 aromatic rings. The molecule has 29 heavy (non-hydrogen) atoms. The van der Waals surface area contributed by atoms with Crippen molar-refractivity contribution in [3.63, 3.8) is 0 Å². The van der Waals surface area contributed by atoms with Gasteiger partial charge in [-0.1, -0.05) is 23.4 Å². The van der Waals surface area contributed by atoms with Crippen LogP contribution in [0, 0.1) is 6.92 Å². The van der Waals surface area contributed by atoms with E-state index < -0.39 is 0 Å². The average molecular weight is 413 g/mol. The van der Waals surface area contributed by atoms with Crippen LogP contribution < -0.4 is 0 Å². The summed E-state index contributed by atoms with van der Waals surface area (Å²) in [5.41, 5.74) is 1.11.